The van der Waals surface area contributed by atoms with Gasteiger partial charge in [0.15, 0.2) is 0 Å². The molecule has 0 heterocycles. The quantitative estimate of drug-likeness (QED) is 0.618. The summed E-state index contributed by atoms with van der Waals surface area (Å²) >= 11 is 0. The molecule has 0 fully saturated rings. The Kier molecular flexibility index (Phi) is 9.52. The predicted molar refractivity (Wildman–Crippen MR) is 132 cm³/mol. The third-order valence-electron chi connectivity index (χ3n) is 4.85. The van der Waals surface area contributed by atoms with E-state index in [1.54, 1.807) is 20.8 Å². The Morgan fingerprint density at radius 1 is 0.970 bits per heavy atom. The second-order valence-electron chi connectivity index (χ2n) is 11.1. The summed E-state index contributed by atoms with van der Waals surface area (Å²) in [6, 6.07) is 4.22. The van der Waals surface area contributed by atoms with Crippen molar-refractivity contribution in [1.29, 1.82) is 0 Å². The average Bonchev–Trinajstić information content (AvgIpc) is 2.59. The van der Waals surface area contributed by atoms with Crippen molar-refractivity contribution in [2.24, 2.45) is 5.92 Å². The number of ether oxygens (including phenoxy) is 1. The van der Waals surface area contributed by atoms with Crippen LogP contribution >= 0.6 is 0 Å². The monoisotopic (exact) mass is 461 g/mol. The van der Waals surface area contributed by atoms with E-state index >= 15 is 0 Å². The van der Waals surface area contributed by atoms with Gasteiger partial charge in [-0.3, -0.25) is 9.59 Å². The fourth-order valence-electron chi connectivity index (χ4n) is 3.67. The molecule has 3 amide bonds. The normalized spacial score (nSPS) is 13.8. The zero-order valence-electron chi connectivity index (χ0n) is 22.3. The minimum atomic E-state index is -0.837. The van der Waals surface area contributed by atoms with Crippen molar-refractivity contribution in [3.63, 3.8) is 0 Å². The van der Waals surface area contributed by atoms with Crippen LogP contribution in [0.3, 0.4) is 0 Å². The van der Waals surface area contributed by atoms with Gasteiger partial charge in [-0.1, -0.05) is 43.2 Å². The molecule has 7 nitrogen and oxygen atoms in total. The Morgan fingerprint density at radius 2 is 1.48 bits per heavy atom. The molecule has 1 aromatic rings. The smallest absolute Gasteiger partial charge is 0.408 e. The maximum Gasteiger partial charge on any atom is 0.408 e. The minimum absolute atomic E-state index is 0.204. The topological polar surface area (TPSA) is 87.7 Å². The van der Waals surface area contributed by atoms with Crippen LogP contribution in [0.2, 0.25) is 0 Å². The Hall–Kier alpha value is -2.57. The van der Waals surface area contributed by atoms with E-state index in [0.717, 1.165) is 16.7 Å². The largest absolute Gasteiger partial charge is 0.444 e. The lowest BCUT2D eigenvalue weighted by molar-refractivity contribution is -0.143. The molecule has 0 saturated carbocycles. The van der Waals surface area contributed by atoms with E-state index in [1.165, 1.54) is 4.90 Å². The summed E-state index contributed by atoms with van der Waals surface area (Å²) in [7, 11) is 0. The number of nitrogens with zero attached hydrogens (tertiary/aromatic N) is 1. The van der Waals surface area contributed by atoms with Crippen molar-refractivity contribution in [3.8, 4) is 0 Å². The fourth-order valence-corrected chi connectivity index (χ4v) is 3.67. The molecule has 2 N–H and O–H groups in total. The van der Waals surface area contributed by atoms with E-state index in [0.29, 0.717) is 6.54 Å². The number of hydrogen-bond acceptors (Lipinski definition) is 4. The molecule has 186 valence electrons. The van der Waals surface area contributed by atoms with Crippen LogP contribution in [-0.4, -0.2) is 46.5 Å². The van der Waals surface area contributed by atoms with Crippen molar-refractivity contribution in [1.82, 2.24) is 15.5 Å². The van der Waals surface area contributed by atoms with Crippen LogP contribution in [-0.2, 0) is 14.3 Å². The first-order chi connectivity index (χ1) is 14.9. The number of hydrogen-bond donors (Lipinski definition) is 2. The zero-order valence-corrected chi connectivity index (χ0v) is 22.3. The van der Waals surface area contributed by atoms with Gasteiger partial charge in [0.1, 0.15) is 17.7 Å². The van der Waals surface area contributed by atoms with Crippen LogP contribution in [0.5, 0.6) is 0 Å². The first-order valence-electron chi connectivity index (χ1n) is 11.7. The molecule has 0 aromatic heterocycles. The molecule has 2 unspecified atom stereocenters. The molecule has 0 bridgehead atoms. The molecule has 0 aliphatic rings. The molecule has 0 saturated heterocycles. The minimum Gasteiger partial charge on any atom is -0.444 e. The van der Waals surface area contributed by atoms with E-state index < -0.39 is 29.3 Å². The number of nitrogens with one attached hydrogen (secondary N) is 2. The van der Waals surface area contributed by atoms with E-state index in [9.17, 15) is 14.4 Å². The van der Waals surface area contributed by atoms with Crippen LogP contribution in [0.4, 0.5) is 4.79 Å². The Bertz CT molecular complexity index is 830. The summed E-state index contributed by atoms with van der Waals surface area (Å²) in [5, 5.41) is 5.74. The van der Waals surface area contributed by atoms with Crippen LogP contribution in [0.15, 0.2) is 18.2 Å². The van der Waals surface area contributed by atoms with Crippen LogP contribution in [0, 0.1) is 19.8 Å². The zero-order chi connectivity index (χ0) is 25.7. The Balaban J connectivity index is 3.43. The molecular formula is C26H43N3O4. The molecule has 0 spiro atoms. The summed E-state index contributed by atoms with van der Waals surface area (Å²) in [6.45, 7) is 20.8. The molecule has 1 rings (SSSR count). The summed E-state index contributed by atoms with van der Waals surface area (Å²) in [5.41, 5.74) is 1.60. The first kappa shape index (κ1) is 28.5. The third kappa shape index (κ3) is 9.06. The Morgan fingerprint density at radius 3 is 1.88 bits per heavy atom. The maximum atomic E-state index is 13.7. The number of carbonyl (C=O) groups excluding carboxylic acids is 3. The fraction of sp³-hybridized carbons (Fsp3) is 0.654. The van der Waals surface area contributed by atoms with Crippen LogP contribution in [0.25, 0.3) is 0 Å². The average molecular weight is 462 g/mol. The van der Waals surface area contributed by atoms with Gasteiger partial charge >= 0.3 is 6.09 Å². The highest BCUT2D eigenvalue weighted by Gasteiger charge is 2.37. The van der Waals surface area contributed by atoms with Gasteiger partial charge in [-0.15, -0.1) is 0 Å². The first-order valence-corrected chi connectivity index (χ1v) is 11.7. The molecule has 33 heavy (non-hydrogen) atoms. The van der Waals surface area contributed by atoms with Gasteiger partial charge in [0, 0.05) is 12.1 Å². The lowest BCUT2D eigenvalue weighted by Crippen LogP contribution is -2.56. The number of likely N-dealkylation sites (N-methyl/N-ethyl adjacent to an activating group) is 1. The lowest BCUT2D eigenvalue weighted by Gasteiger charge is -2.36. The van der Waals surface area contributed by atoms with Gasteiger partial charge in [-0.25, -0.2) is 4.79 Å². The highest BCUT2D eigenvalue weighted by molar-refractivity contribution is 5.92. The third-order valence-corrected chi connectivity index (χ3v) is 4.85. The predicted octanol–water partition coefficient (Wildman–Crippen LogP) is 4.66. The highest BCUT2D eigenvalue weighted by Crippen LogP contribution is 2.26. The van der Waals surface area contributed by atoms with Gasteiger partial charge in [-0.2, -0.15) is 0 Å². The number of benzene rings is 1. The van der Waals surface area contributed by atoms with Gasteiger partial charge in [-0.05, 0) is 73.8 Å². The molecule has 0 aliphatic heterocycles. The molecule has 0 aliphatic carbocycles. The summed E-state index contributed by atoms with van der Waals surface area (Å²) < 4.78 is 5.37. The molecular weight excluding hydrogens is 418 g/mol. The van der Waals surface area contributed by atoms with Crippen LogP contribution < -0.4 is 10.6 Å². The SMILES string of the molecule is CCN(C(=O)C(NC(=O)OC(C)(C)C)C(C)C)C(C(=O)NC(C)(C)C)c1cc(C)cc(C)c1. The van der Waals surface area contributed by atoms with E-state index in [1.807, 2.05) is 73.6 Å². The molecule has 2 atom stereocenters. The number of rotatable bonds is 7. The van der Waals surface area contributed by atoms with Crippen molar-refractivity contribution >= 4 is 17.9 Å². The highest BCUT2D eigenvalue weighted by atomic mass is 16.6. The van der Waals surface area contributed by atoms with Gasteiger partial charge in [0.25, 0.3) is 0 Å². The number of amides is 3. The van der Waals surface area contributed by atoms with Gasteiger partial charge in [0.2, 0.25) is 11.8 Å². The number of aryl methyl sites for hydroxylation is 2. The van der Waals surface area contributed by atoms with Crippen molar-refractivity contribution in [3.05, 3.63) is 34.9 Å². The summed E-state index contributed by atoms with van der Waals surface area (Å²) in [6.07, 6.45) is -0.660. The summed E-state index contributed by atoms with van der Waals surface area (Å²) in [5.74, 6) is -0.793. The van der Waals surface area contributed by atoms with Gasteiger partial charge in [0.05, 0.1) is 0 Å². The maximum absolute atomic E-state index is 13.7. The van der Waals surface area contributed by atoms with Crippen molar-refractivity contribution in [2.75, 3.05) is 6.54 Å². The van der Waals surface area contributed by atoms with E-state index in [4.69, 9.17) is 4.74 Å². The molecule has 0 radical (unpaired) electrons. The summed E-state index contributed by atoms with van der Waals surface area (Å²) in [4.78, 5) is 41.2. The number of alkyl carbamates (subject to hydrolysis) is 1. The standard InChI is InChI=1S/C26H43N3O4/c1-12-29(23(31)20(16(2)3)27-24(32)33-26(9,10)11)21(22(30)28-25(6,7)8)19-14-17(4)13-18(5)15-19/h13-16,20-21H,12H2,1-11H3,(H,27,32)(H,28,30). The second kappa shape index (κ2) is 11.0. The van der Waals surface area contributed by atoms with E-state index in [-0.39, 0.29) is 17.7 Å². The van der Waals surface area contributed by atoms with Crippen molar-refractivity contribution < 1.29 is 19.1 Å². The lowest BCUT2D eigenvalue weighted by atomic mass is 9.96. The Labute approximate surface area is 199 Å². The molecule has 1 aromatic carbocycles. The van der Waals surface area contributed by atoms with Crippen molar-refractivity contribution in [2.45, 2.75) is 99.4 Å². The molecule has 7 heteroatoms. The van der Waals surface area contributed by atoms with E-state index in [2.05, 4.69) is 10.6 Å². The van der Waals surface area contributed by atoms with Gasteiger partial charge < -0.3 is 20.3 Å². The second-order valence-corrected chi connectivity index (χ2v) is 11.1. The number of carbonyl (C=O) groups is 3. The van der Waals surface area contributed by atoms with Crippen LogP contribution in [0.1, 0.15) is 85.0 Å².